The van der Waals surface area contributed by atoms with Crippen molar-refractivity contribution >= 4 is 35.0 Å². The fraction of sp³-hybridized carbons (Fsp3) is 0.357. The van der Waals surface area contributed by atoms with E-state index in [1.54, 1.807) is 6.92 Å². The molecule has 0 atom stereocenters. The summed E-state index contributed by atoms with van der Waals surface area (Å²) in [5.74, 6) is -2.55. The Labute approximate surface area is 137 Å². The Hall–Kier alpha value is -1.66. The molecule has 0 saturated heterocycles. The van der Waals surface area contributed by atoms with Crippen LogP contribution < -0.4 is 5.32 Å². The number of Topliss-reactive ketones (excluding diaryl/α,β-unsaturated/α-hetero) is 1. The first kappa shape index (κ1) is 18.4. The maximum absolute atomic E-state index is 13.5. The Morgan fingerprint density at radius 1 is 1.41 bits per heavy atom. The van der Waals surface area contributed by atoms with Crippen LogP contribution in [0, 0.1) is 5.82 Å². The summed E-state index contributed by atoms with van der Waals surface area (Å²) in [6, 6.07) is 0.815. The molecule has 0 aliphatic rings. The number of aromatic nitrogens is 1. The fourth-order valence-corrected chi connectivity index (χ4v) is 1.83. The van der Waals surface area contributed by atoms with Gasteiger partial charge in [-0.1, -0.05) is 23.2 Å². The van der Waals surface area contributed by atoms with Crippen molar-refractivity contribution in [3.63, 3.8) is 0 Å². The summed E-state index contributed by atoms with van der Waals surface area (Å²) in [6.07, 6.45) is 1.22. The van der Waals surface area contributed by atoms with E-state index in [2.05, 4.69) is 10.3 Å². The third kappa shape index (κ3) is 4.68. The van der Waals surface area contributed by atoms with Crippen molar-refractivity contribution in [2.24, 2.45) is 0 Å². The van der Waals surface area contributed by atoms with E-state index in [4.69, 9.17) is 27.9 Å². The molecule has 0 radical (unpaired) electrons. The summed E-state index contributed by atoms with van der Waals surface area (Å²) in [6.45, 7) is 5.33. The number of carbonyl (C=O) groups is 2. The van der Waals surface area contributed by atoms with Crippen molar-refractivity contribution in [1.82, 2.24) is 10.3 Å². The first-order valence-electron chi connectivity index (χ1n) is 6.47. The molecule has 0 bridgehead atoms. The van der Waals surface area contributed by atoms with Crippen LogP contribution in [0.15, 0.2) is 17.8 Å². The molecule has 0 fully saturated rings. The number of hydrogen-bond donors (Lipinski definition) is 1. The Bertz CT molecular complexity index is 618. The van der Waals surface area contributed by atoms with Gasteiger partial charge in [0.25, 0.3) is 0 Å². The van der Waals surface area contributed by atoms with Gasteiger partial charge in [0.05, 0.1) is 12.2 Å². The molecular weight excluding hydrogens is 334 g/mol. The lowest BCUT2D eigenvalue weighted by atomic mass is 10.1. The van der Waals surface area contributed by atoms with Crippen LogP contribution in [0.3, 0.4) is 0 Å². The van der Waals surface area contributed by atoms with Crippen molar-refractivity contribution in [1.29, 1.82) is 0 Å². The summed E-state index contributed by atoms with van der Waals surface area (Å²) in [5, 5.41) is 2.06. The maximum atomic E-state index is 13.5. The van der Waals surface area contributed by atoms with E-state index in [0.29, 0.717) is 0 Å². The quantitative estimate of drug-likeness (QED) is 0.213. The first-order valence-corrected chi connectivity index (χ1v) is 7.23. The van der Waals surface area contributed by atoms with Gasteiger partial charge in [0.1, 0.15) is 10.7 Å². The molecule has 0 unspecified atom stereocenters. The lowest BCUT2D eigenvalue weighted by molar-refractivity contribution is -0.138. The van der Waals surface area contributed by atoms with E-state index in [1.807, 2.05) is 13.8 Å². The first-order chi connectivity index (χ1) is 10.3. The summed E-state index contributed by atoms with van der Waals surface area (Å²) >= 11 is 11.3. The number of ketones is 1. The van der Waals surface area contributed by atoms with E-state index in [-0.39, 0.29) is 28.9 Å². The largest absolute Gasteiger partial charge is 0.462 e. The normalized spacial score (nSPS) is 11.5. The number of carbonyl (C=O) groups excluding carboxylic acids is 2. The number of pyridine rings is 1. The SMILES string of the molecule is CCOC(=O)/C(=C\NC(C)C)C(=O)c1cc(F)c(Cl)nc1Cl. The highest BCUT2D eigenvalue weighted by Crippen LogP contribution is 2.23. The molecule has 1 aromatic rings. The number of halogens is 3. The minimum Gasteiger partial charge on any atom is -0.462 e. The monoisotopic (exact) mass is 348 g/mol. The number of ether oxygens (including phenoxy) is 1. The predicted octanol–water partition coefficient (Wildman–Crippen LogP) is 3.16. The van der Waals surface area contributed by atoms with Crippen LogP contribution >= 0.6 is 23.2 Å². The zero-order valence-corrected chi connectivity index (χ0v) is 13.8. The third-order valence-electron chi connectivity index (χ3n) is 2.43. The smallest absolute Gasteiger partial charge is 0.343 e. The highest BCUT2D eigenvalue weighted by molar-refractivity contribution is 6.37. The molecule has 0 spiro atoms. The summed E-state index contributed by atoms with van der Waals surface area (Å²) in [7, 11) is 0. The van der Waals surface area contributed by atoms with Gasteiger partial charge in [-0.15, -0.1) is 0 Å². The lowest BCUT2D eigenvalue weighted by Crippen LogP contribution is -2.23. The van der Waals surface area contributed by atoms with Gasteiger partial charge in [0.2, 0.25) is 5.78 Å². The number of hydrogen-bond acceptors (Lipinski definition) is 5. The number of nitrogens with zero attached hydrogens (tertiary/aromatic N) is 1. The van der Waals surface area contributed by atoms with Crippen LogP contribution in [0.5, 0.6) is 0 Å². The minimum atomic E-state index is -0.908. The molecule has 1 heterocycles. The zero-order valence-electron chi connectivity index (χ0n) is 12.2. The average Bonchev–Trinajstić information content (AvgIpc) is 2.42. The van der Waals surface area contributed by atoms with Crippen LogP contribution in [0.2, 0.25) is 10.3 Å². The van der Waals surface area contributed by atoms with Crippen molar-refractivity contribution in [2.75, 3.05) is 6.61 Å². The molecule has 1 aromatic heterocycles. The van der Waals surface area contributed by atoms with E-state index in [0.717, 1.165) is 6.07 Å². The van der Waals surface area contributed by atoms with Crippen molar-refractivity contribution in [3.8, 4) is 0 Å². The van der Waals surface area contributed by atoms with Gasteiger partial charge >= 0.3 is 5.97 Å². The van der Waals surface area contributed by atoms with Gasteiger partial charge in [-0.3, -0.25) is 4.79 Å². The molecule has 1 rings (SSSR count). The topological polar surface area (TPSA) is 68.3 Å². The molecule has 5 nitrogen and oxygen atoms in total. The molecule has 0 aliphatic carbocycles. The number of esters is 1. The van der Waals surface area contributed by atoms with Crippen molar-refractivity contribution in [3.05, 3.63) is 39.5 Å². The number of nitrogens with one attached hydrogen (secondary N) is 1. The van der Waals surface area contributed by atoms with Gasteiger partial charge in [-0.2, -0.15) is 0 Å². The second kappa shape index (κ2) is 8.10. The van der Waals surface area contributed by atoms with Gasteiger partial charge in [-0.05, 0) is 26.8 Å². The zero-order chi connectivity index (χ0) is 16.9. The Balaban J connectivity index is 3.25. The molecule has 22 heavy (non-hydrogen) atoms. The Kier molecular flexibility index (Phi) is 6.77. The molecular formula is C14H15Cl2FN2O3. The number of rotatable bonds is 6. The van der Waals surface area contributed by atoms with Crippen LogP contribution in [-0.4, -0.2) is 29.4 Å². The van der Waals surface area contributed by atoms with Crippen LogP contribution in [0.1, 0.15) is 31.1 Å². The lowest BCUT2D eigenvalue weighted by Gasteiger charge is -2.10. The molecule has 0 aliphatic heterocycles. The molecule has 0 amide bonds. The van der Waals surface area contributed by atoms with Crippen LogP contribution in [0.4, 0.5) is 4.39 Å². The fourth-order valence-electron chi connectivity index (χ4n) is 1.43. The summed E-state index contributed by atoms with van der Waals surface area (Å²) < 4.78 is 18.3. The molecule has 0 saturated carbocycles. The predicted molar refractivity (Wildman–Crippen MR) is 81.5 cm³/mol. The highest BCUT2D eigenvalue weighted by atomic mass is 35.5. The maximum Gasteiger partial charge on any atom is 0.343 e. The van der Waals surface area contributed by atoms with E-state index >= 15 is 0 Å². The van der Waals surface area contributed by atoms with Gasteiger partial charge in [0.15, 0.2) is 11.0 Å². The minimum absolute atomic E-state index is 0.0206. The molecule has 0 aromatic carbocycles. The molecule has 120 valence electrons. The Morgan fingerprint density at radius 2 is 2.05 bits per heavy atom. The second-order valence-electron chi connectivity index (χ2n) is 4.53. The summed E-state index contributed by atoms with van der Waals surface area (Å²) in [4.78, 5) is 27.8. The van der Waals surface area contributed by atoms with Crippen LogP contribution in [0.25, 0.3) is 0 Å². The van der Waals surface area contributed by atoms with Crippen molar-refractivity contribution < 1.29 is 18.7 Å². The van der Waals surface area contributed by atoms with E-state index < -0.39 is 22.7 Å². The van der Waals surface area contributed by atoms with E-state index in [9.17, 15) is 14.0 Å². The van der Waals surface area contributed by atoms with Crippen molar-refractivity contribution in [2.45, 2.75) is 26.8 Å². The highest BCUT2D eigenvalue weighted by Gasteiger charge is 2.25. The molecule has 1 N–H and O–H groups in total. The van der Waals surface area contributed by atoms with Gasteiger partial charge in [-0.25, -0.2) is 14.2 Å². The van der Waals surface area contributed by atoms with Gasteiger partial charge in [0, 0.05) is 12.2 Å². The second-order valence-corrected chi connectivity index (χ2v) is 5.24. The summed E-state index contributed by atoms with van der Waals surface area (Å²) in [5.41, 5.74) is -0.575. The van der Waals surface area contributed by atoms with Gasteiger partial charge < -0.3 is 10.1 Å². The van der Waals surface area contributed by atoms with E-state index in [1.165, 1.54) is 6.20 Å². The standard InChI is InChI=1S/C14H15Cl2FN2O3/c1-4-22-14(21)9(6-18-7(2)3)11(20)8-5-10(17)13(16)19-12(8)15/h5-7,18H,4H2,1-3H3/b9-6-. The average molecular weight is 349 g/mol. The Morgan fingerprint density at radius 3 is 2.59 bits per heavy atom. The molecule has 8 heteroatoms. The third-order valence-corrected chi connectivity index (χ3v) is 2.99. The van der Waals surface area contributed by atoms with Crippen LogP contribution in [-0.2, 0) is 9.53 Å².